The highest BCUT2D eigenvalue weighted by Gasteiger charge is 2.28. The van der Waals surface area contributed by atoms with Crippen LogP contribution in [0.25, 0.3) is 0 Å². The molecule has 0 unspecified atom stereocenters. The molecule has 0 aromatic heterocycles. The van der Waals surface area contributed by atoms with Crippen LogP contribution in [-0.4, -0.2) is 0 Å². The van der Waals surface area contributed by atoms with Gasteiger partial charge in [-0.3, -0.25) is 0 Å². The van der Waals surface area contributed by atoms with E-state index >= 15 is 0 Å². The van der Waals surface area contributed by atoms with Crippen LogP contribution in [0.1, 0.15) is 0 Å². The van der Waals surface area contributed by atoms with Gasteiger partial charge < -0.3 is 0 Å². The van der Waals surface area contributed by atoms with E-state index in [0.29, 0.717) is 0 Å². The summed E-state index contributed by atoms with van der Waals surface area (Å²) in [5.74, 6) is -0.546. The second kappa shape index (κ2) is 6.23. The van der Waals surface area contributed by atoms with Gasteiger partial charge in [-0.15, -0.1) is 8.46 Å². The molecule has 3 aromatic rings. The lowest BCUT2D eigenvalue weighted by Crippen LogP contribution is -1.96. The van der Waals surface area contributed by atoms with Gasteiger partial charge >= 0.3 is 0 Å². The summed E-state index contributed by atoms with van der Waals surface area (Å²) in [4.78, 5) is 3.01. The third-order valence-corrected chi connectivity index (χ3v) is 9.47. The van der Waals surface area contributed by atoms with Crippen LogP contribution in [0.15, 0.2) is 93.5 Å². The van der Waals surface area contributed by atoms with Crippen LogP contribution in [0.3, 0.4) is 0 Å². The molecular weight excluding hydrogens is 366 g/mol. The first-order valence-corrected chi connectivity index (χ1v) is 10.2. The van der Waals surface area contributed by atoms with E-state index in [1.165, 1.54) is 24.3 Å². The molecule has 0 aliphatic carbocycles. The molecule has 112 valence electrons. The molecule has 4 heteroatoms. The van der Waals surface area contributed by atoms with Crippen LogP contribution in [0.5, 0.6) is 0 Å². The van der Waals surface area contributed by atoms with Gasteiger partial charge in [0.15, 0.2) is 0 Å². The van der Waals surface area contributed by atoms with Crippen molar-refractivity contribution in [2.45, 2.75) is 14.7 Å². The summed E-state index contributed by atoms with van der Waals surface area (Å²) in [7, 11) is -1.73. The van der Waals surface area contributed by atoms with Crippen LogP contribution < -0.4 is 0 Å². The summed E-state index contributed by atoms with van der Waals surface area (Å²) in [6.07, 6.45) is 0. The topological polar surface area (TPSA) is 0 Å². The first-order valence-electron chi connectivity index (χ1n) is 6.70. The SMILES string of the molecule is Fc1ccc(S(Br)(c2ccccc2)c2ccc(F)cc2)cc1. The lowest BCUT2D eigenvalue weighted by molar-refractivity contribution is 0.626. The molecule has 3 aromatic carbocycles. The molecular formula is C18H13BrF2S. The average molecular weight is 379 g/mol. The Labute approximate surface area is 137 Å². The zero-order valence-electron chi connectivity index (χ0n) is 11.5. The fraction of sp³-hybridized carbons (Fsp3) is 0. The first kappa shape index (κ1) is 15.3. The van der Waals surface area contributed by atoms with E-state index in [4.69, 9.17) is 0 Å². The summed E-state index contributed by atoms with van der Waals surface area (Å²) < 4.78 is 26.6. The molecule has 0 fully saturated rings. The van der Waals surface area contributed by atoms with E-state index in [-0.39, 0.29) is 11.6 Å². The standard InChI is InChI=1S/C18H13BrF2S/c19-22(16-4-2-1-3-5-16,17-10-6-14(20)7-11-17)18-12-8-15(21)9-13-18/h1-13H. The Bertz CT molecular complexity index is 710. The molecule has 0 nitrogen and oxygen atoms in total. The molecule has 3 rings (SSSR count). The van der Waals surface area contributed by atoms with Gasteiger partial charge in [0.2, 0.25) is 0 Å². The molecule has 0 aliphatic rings. The van der Waals surface area contributed by atoms with Gasteiger partial charge in [-0.2, -0.15) is 0 Å². The van der Waals surface area contributed by atoms with Crippen LogP contribution in [0.4, 0.5) is 8.78 Å². The van der Waals surface area contributed by atoms with Crippen LogP contribution >= 0.6 is 23.3 Å². The predicted octanol–water partition coefficient (Wildman–Crippen LogP) is 6.56. The summed E-state index contributed by atoms with van der Waals surface area (Å²) in [6.45, 7) is 0. The minimum atomic E-state index is -1.73. The molecule has 0 heterocycles. The monoisotopic (exact) mass is 378 g/mol. The fourth-order valence-electron chi connectivity index (χ4n) is 2.26. The summed E-state index contributed by atoms with van der Waals surface area (Å²) in [5, 5.41) is 0. The lowest BCUT2D eigenvalue weighted by Gasteiger charge is -2.34. The second-order valence-corrected chi connectivity index (χ2v) is 10.2. The van der Waals surface area contributed by atoms with E-state index in [9.17, 15) is 8.78 Å². The quantitative estimate of drug-likeness (QED) is 0.484. The van der Waals surface area contributed by atoms with Crippen molar-refractivity contribution in [3.8, 4) is 0 Å². The highest BCUT2D eigenvalue weighted by atomic mass is 79.9. The average Bonchev–Trinajstić information content (AvgIpc) is 2.56. The van der Waals surface area contributed by atoms with Gasteiger partial charge in [-0.05, 0) is 75.5 Å². The number of halogens is 3. The zero-order valence-corrected chi connectivity index (χ0v) is 14.0. The second-order valence-electron chi connectivity index (χ2n) is 4.76. The van der Waals surface area contributed by atoms with Crippen molar-refractivity contribution < 1.29 is 8.78 Å². The highest BCUT2D eigenvalue weighted by Crippen LogP contribution is 2.73. The molecule has 0 bridgehead atoms. The van der Waals surface area contributed by atoms with E-state index in [2.05, 4.69) is 14.8 Å². The molecule has 0 atom stereocenters. The Morgan fingerprint density at radius 2 is 0.909 bits per heavy atom. The third kappa shape index (κ3) is 2.81. The zero-order chi connectivity index (χ0) is 15.6. The highest BCUT2D eigenvalue weighted by molar-refractivity contribution is 9.58. The molecule has 0 amide bonds. The van der Waals surface area contributed by atoms with E-state index < -0.39 is 8.46 Å². The number of hydrogen-bond donors (Lipinski definition) is 0. The maximum atomic E-state index is 13.3. The summed E-state index contributed by atoms with van der Waals surface area (Å²) in [5.41, 5.74) is 0. The molecule has 0 spiro atoms. The van der Waals surface area contributed by atoms with Crippen LogP contribution in [0, 0.1) is 11.6 Å². The van der Waals surface area contributed by atoms with E-state index in [1.54, 1.807) is 24.3 Å². The molecule has 0 radical (unpaired) electrons. The van der Waals surface area contributed by atoms with Crippen molar-refractivity contribution in [1.82, 2.24) is 0 Å². The van der Waals surface area contributed by atoms with Gasteiger partial charge in [-0.25, -0.2) is 8.78 Å². The molecule has 0 saturated carbocycles. The number of benzene rings is 3. The predicted molar refractivity (Wildman–Crippen MR) is 90.6 cm³/mol. The summed E-state index contributed by atoms with van der Waals surface area (Å²) in [6, 6.07) is 22.8. The fourth-order valence-corrected chi connectivity index (χ4v) is 6.57. The van der Waals surface area contributed by atoms with Gasteiger partial charge in [0.1, 0.15) is 11.6 Å². The minimum absolute atomic E-state index is 0.273. The summed E-state index contributed by atoms with van der Waals surface area (Å²) >= 11 is 3.90. The van der Waals surface area contributed by atoms with Crippen molar-refractivity contribution >= 4 is 23.3 Å². The van der Waals surface area contributed by atoms with Crippen LogP contribution in [0.2, 0.25) is 0 Å². The van der Waals surface area contributed by atoms with Crippen molar-refractivity contribution in [3.05, 3.63) is 90.5 Å². The third-order valence-electron chi connectivity index (χ3n) is 3.34. The number of rotatable bonds is 3. The molecule has 0 aliphatic heterocycles. The van der Waals surface area contributed by atoms with Gasteiger partial charge in [-0.1, -0.05) is 18.2 Å². The maximum absolute atomic E-state index is 13.3. The van der Waals surface area contributed by atoms with Crippen molar-refractivity contribution in [2.75, 3.05) is 0 Å². The largest absolute Gasteiger partial charge is 0.207 e. The smallest absolute Gasteiger partial charge is 0.123 e. The maximum Gasteiger partial charge on any atom is 0.123 e. The minimum Gasteiger partial charge on any atom is -0.207 e. The van der Waals surface area contributed by atoms with E-state index in [0.717, 1.165) is 14.7 Å². The van der Waals surface area contributed by atoms with Crippen molar-refractivity contribution in [3.63, 3.8) is 0 Å². The molecule has 22 heavy (non-hydrogen) atoms. The van der Waals surface area contributed by atoms with Crippen LogP contribution in [-0.2, 0) is 0 Å². The Kier molecular flexibility index (Phi) is 4.32. The van der Waals surface area contributed by atoms with Crippen molar-refractivity contribution in [2.24, 2.45) is 0 Å². The Morgan fingerprint density at radius 3 is 1.32 bits per heavy atom. The number of hydrogen-bond acceptors (Lipinski definition) is 0. The normalized spacial score (nSPS) is 12.1. The first-order chi connectivity index (χ1) is 10.6. The van der Waals surface area contributed by atoms with E-state index in [1.807, 2.05) is 30.3 Å². The van der Waals surface area contributed by atoms with Gasteiger partial charge in [0.05, 0.1) is 0 Å². The Morgan fingerprint density at radius 1 is 0.545 bits per heavy atom. The molecule has 0 N–H and O–H groups in total. The lowest BCUT2D eigenvalue weighted by atomic mass is 10.3. The molecule has 0 saturated heterocycles. The Balaban J connectivity index is 2.22. The Hall–Kier alpha value is -1.65. The van der Waals surface area contributed by atoms with Gasteiger partial charge in [0.25, 0.3) is 0 Å². The van der Waals surface area contributed by atoms with Gasteiger partial charge in [0, 0.05) is 14.7 Å². The van der Waals surface area contributed by atoms with Crippen molar-refractivity contribution in [1.29, 1.82) is 0 Å².